The molecule has 0 saturated carbocycles. The van der Waals surface area contributed by atoms with Gasteiger partial charge in [-0.15, -0.1) is 0 Å². The Balaban J connectivity index is 1.47. The van der Waals surface area contributed by atoms with Crippen molar-refractivity contribution in [2.75, 3.05) is 6.54 Å². The fourth-order valence-electron chi connectivity index (χ4n) is 2.78. The lowest BCUT2D eigenvalue weighted by Crippen LogP contribution is -2.45. The molecule has 1 aliphatic rings. The van der Waals surface area contributed by atoms with Gasteiger partial charge in [0, 0.05) is 29.7 Å². The number of rotatable bonds is 4. The first-order valence-electron chi connectivity index (χ1n) is 7.61. The number of benzene rings is 1. The van der Waals surface area contributed by atoms with Crippen LogP contribution in [0, 0.1) is 0 Å². The van der Waals surface area contributed by atoms with Crippen molar-refractivity contribution in [2.45, 2.75) is 31.4 Å². The van der Waals surface area contributed by atoms with Gasteiger partial charge in [-0.25, -0.2) is 9.78 Å². The second-order valence-electron chi connectivity index (χ2n) is 5.69. The summed E-state index contributed by atoms with van der Waals surface area (Å²) >= 11 is 5.89. The number of H-pyrrole nitrogens is 1. The predicted octanol–water partition coefficient (Wildman–Crippen LogP) is 1.95. The van der Waals surface area contributed by atoms with Gasteiger partial charge in [0.15, 0.2) is 0 Å². The molecule has 0 spiro atoms. The molecule has 1 heterocycles. The van der Waals surface area contributed by atoms with Crippen LogP contribution in [-0.4, -0.2) is 33.7 Å². The summed E-state index contributed by atoms with van der Waals surface area (Å²) in [6.07, 6.45) is 3.37. The fraction of sp³-hybridized carbons (Fsp3) is 0.375. The molecule has 6 nitrogen and oxygen atoms in total. The first-order chi connectivity index (χ1) is 11.1. The molecule has 2 atom stereocenters. The monoisotopic (exact) mass is 334 g/mol. The number of aliphatic hydroxyl groups is 1. The molecule has 4 N–H and O–H groups in total. The van der Waals surface area contributed by atoms with E-state index in [0.717, 1.165) is 30.7 Å². The molecule has 7 heteroatoms. The number of hydrogen-bond donors (Lipinski definition) is 4. The molecule has 23 heavy (non-hydrogen) atoms. The molecule has 2 aromatic rings. The lowest BCUT2D eigenvalue weighted by Gasteiger charge is -2.23. The van der Waals surface area contributed by atoms with Gasteiger partial charge < -0.3 is 20.7 Å². The number of halogens is 1. The normalized spacial score (nSPS) is 18.1. The van der Waals surface area contributed by atoms with E-state index in [4.69, 9.17) is 11.6 Å². The molecule has 0 saturated heterocycles. The molecule has 2 amide bonds. The van der Waals surface area contributed by atoms with Crippen molar-refractivity contribution in [2.24, 2.45) is 0 Å². The van der Waals surface area contributed by atoms with Crippen LogP contribution in [0.1, 0.15) is 29.5 Å². The zero-order valence-corrected chi connectivity index (χ0v) is 13.3. The number of nitrogens with zero attached hydrogens (tertiary/aromatic N) is 1. The van der Waals surface area contributed by atoms with E-state index in [1.165, 1.54) is 0 Å². The highest BCUT2D eigenvalue weighted by Crippen LogP contribution is 2.18. The smallest absolute Gasteiger partial charge is 0.315 e. The number of carbonyl (C=O) groups excluding carboxylic acids is 1. The molecule has 0 radical (unpaired) electrons. The van der Waals surface area contributed by atoms with E-state index >= 15 is 0 Å². The van der Waals surface area contributed by atoms with Crippen molar-refractivity contribution < 1.29 is 9.90 Å². The number of hydrogen-bond acceptors (Lipinski definition) is 3. The summed E-state index contributed by atoms with van der Waals surface area (Å²) in [4.78, 5) is 19.3. The zero-order chi connectivity index (χ0) is 16.2. The summed E-state index contributed by atoms with van der Waals surface area (Å²) in [6, 6.07) is 6.77. The first-order valence-corrected chi connectivity index (χ1v) is 7.98. The number of urea groups is 1. The van der Waals surface area contributed by atoms with E-state index in [0.29, 0.717) is 10.6 Å². The van der Waals surface area contributed by atoms with Crippen molar-refractivity contribution >= 4 is 17.6 Å². The van der Waals surface area contributed by atoms with Gasteiger partial charge in [-0.05, 0) is 30.5 Å². The highest BCUT2D eigenvalue weighted by Gasteiger charge is 2.22. The van der Waals surface area contributed by atoms with E-state index < -0.39 is 6.10 Å². The van der Waals surface area contributed by atoms with Crippen molar-refractivity contribution in [3.8, 4) is 0 Å². The summed E-state index contributed by atoms with van der Waals surface area (Å²) in [5, 5.41) is 16.3. The third kappa shape index (κ3) is 4.03. The number of carbonyl (C=O) groups is 1. The number of amides is 2. The Morgan fingerprint density at radius 1 is 1.52 bits per heavy atom. The molecule has 1 aromatic heterocycles. The maximum absolute atomic E-state index is 12.0. The van der Waals surface area contributed by atoms with Crippen LogP contribution in [0.2, 0.25) is 5.02 Å². The SMILES string of the molecule is O=C(NCC(O)c1cccc(Cl)c1)NC1CCc2nc[nH]c2C1. The highest BCUT2D eigenvalue weighted by molar-refractivity contribution is 6.30. The largest absolute Gasteiger partial charge is 0.387 e. The van der Waals surface area contributed by atoms with Gasteiger partial charge in [0.1, 0.15) is 0 Å². The van der Waals surface area contributed by atoms with Gasteiger partial charge in [0.25, 0.3) is 0 Å². The highest BCUT2D eigenvalue weighted by atomic mass is 35.5. The summed E-state index contributed by atoms with van der Waals surface area (Å²) in [7, 11) is 0. The van der Waals surface area contributed by atoms with E-state index in [1.54, 1.807) is 30.6 Å². The van der Waals surface area contributed by atoms with Crippen LogP contribution in [0.3, 0.4) is 0 Å². The van der Waals surface area contributed by atoms with Crippen LogP contribution in [-0.2, 0) is 12.8 Å². The van der Waals surface area contributed by atoms with Gasteiger partial charge in [-0.2, -0.15) is 0 Å². The number of imidazole rings is 1. The van der Waals surface area contributed by atoms with E-state index in [-0.39, 0.29) is 18.6 Å². The van der Waals surface area contributed by atoms with E-state index in [2.05, 4.69) is 20.6 Å². The minimum Gasteiger partial charge on any atom is -0.387 e. The van der Waals surface area contributed by atoms with Crippen LogP contribution >= 0.6 is 11.6 Å². The summed E-state index contributed by atoms with van der Waals surface area (Å²) in [5.41, 5.74) is 2.85. The molecular weight excluding hydrogens is 316 g/mol. The Labute approximate surface area is 139 Å². The van der Waals surface area contributed by atoms with Gasteiger partial charge in [-0.1, -0.05) is 23.7 Å². The zero-order valence-electron chi connectivity index (χ0n) is 12.6. The average molecular weight is 335 g/mol. The van der Waals surface area contributed by atoms with Crippen molar-refractivity contribution in [3.05, 3.63) is 52.6 Å². The Kier molecular flexibility index (Phi) is 4.83. The number of fused-ring (bicyclic) bond motifs is 1. The second-order valence-corrected chi connectivity index (χ2v) is 6.13. The topological polar surface area (TPSA) is 90.0 Å². The minimum absolute atomic E-state index is 0.0752. The van der Waals surface area contributed by atoms with Crippen LogP contribution in [0.25, 0.3) is 0 Å². The average Bonchev–Trinajstić information content (AvgIpc) is 3.00. The van der Waals surface area contributed by atoms with Crippen molar-refractivity contribution in [1.29, 1.82) is 0 Å². The maximum atomic E-state index is 12.0. The van der Waals surface area contributed by atoms with E-state index in [9.17, 15) is 9.90 Å². The van der Waals surface area contributed by atoms with Crippen molar-refractivity contribution in [3.63, 3.8) is 0 Å². The van der Waals surface area contributed by atoms with Crippen LogP contribution in [0.5, 0.6) is 0 Å². The van der Waals surface area contributed by atoms with Gasteiger partial charge >= 0.3 is 6.03 Å². The first kappa shape index (κ1) is 15.8. The molecule has 0 fully saturated rings. The fourth-order valence-corrected chi connectivity index (χ4v) is 2.98. The molecular formula is C16H19ClN4O2. The molecule has 1 aliphatic carbocycles. The molecule has 0 bridgehead atoms. The molecule has 1 aromatic carbocycles. The van der Waals surface area contributed by atoms with Crippen molar-refractivity contribution in [1.82, 2.24) is 20.6 Å². The molecule has 3 rings (SSSR count). The van der Waals surface area contributed by atoms with Gasteiger partial charge in [0.05, 0.1) is 18.1 Å². The minimum atomic E-state index is -0.787. The van der Waals surface area contributed by atoms with Crippen LogP contribution in [0.4, 0.5) is 4.79 Å². The quantitative estimate of drug-likeness (QED) is 0.689. The maximum Gasteiger partial charge on any atom is 0.315 e. The Morgan fingerprint density at radius 2 is 2.39 bits per heavy atom. The third-order valence-electron chi connectivity index (χ3n) is 4.01. The number of nitrogens with one attached hydrogen (secondary N) is 3. The Morgan fingerprint density at radius 3 is 3.22 bits per heavy atom. The lowest BCUT2D eigenvalue weighted by atomic mass is 9.96. The summed E-state index contributed by atoms with van der Waals surface area (Å²) < 4.78 is 0. The Bertz CT molecular complexity index is 688. The lowest BCUT2D eigenvalue weighted by molar-refractivity contribution is 0.172. The molecule has 122 valence electrons. The number of aromatic nitrogens is 2. The predicted molar refractivity (Wildman–Crippen MR) is 87.3 cm³/mol. The van der Waals surface area contributed by atoms with E-state index in [1.807, 2.05) is 0 Å². The van der Waals surface area contributed by atoms with Crippen LogP contribution in [0.15, 0.2) is 30.6 Å². The third-order valence-corrected chi connectivity index (χ3v) is 4.25. The summed E-state index contributed by atoms with van der Waals surface area (Å²) in [6.45, 7) is 0.133. The Hall–Kier alpha value is -2.05. The molecule has 0 aliphatic heterocycles. The molecule has 2 unspecified atom stereocenters. The summed E-state index contributed by atoms with van der Waals surface area (Å²) in [5.74, 6) is 0. The van der Waals surface area contributed by atoms with Gasteiger partial charge in [0.2, 0.25) is 0 Å². The number of aryl methyl sites for hydroxylation is 1. The van der Waals surface area contributed by atoms with Crippen LogP contribution < -0.4 is 10.6 Å². The van der Waals surface area contributed by atoms with Gasteiger partial charge in [-0.3, -0.25) is 0 Å². The standard InChI is InChI=1S/C16H19ClN4O2/c17-11-3-1-2-10(6-11)15(22)8-18-16(23)21-12-4-5-13-14(7-12)20-9-19-13/h1-3,6,9,12,15,22H,4-5,7-8H2,(H,19,20)(H2,18,21,23). The number of aliphatic hydroxyl groups excluding tert-OH is 1. The second kappa shape index (κ2) is 7.02. The number of aromatic amines is 1.